The Kier molecular flexibility index (Phi) is 8.70. The maximum atomic E-state index is 12.2. The van der Waals surface area contributed by atoms with Crippen molar-refractivity contribution in [1.82, 2.24) is 5.32 Å². The van der Waals surface area contributed by atoms with Crippen molar-refractivity contribution in [2.24, 2.45) is 0 Å². The van der Waals surface area contributed by atoms with Gasteiger partial charge in [0, 0.05) is 30.5 Å². The van der Waals surface area contributed by atoms with E-state index in [0.717, 1.165) is 5.76 Å². The fourth-order valence-corrected chi connectivity index (χ4v) is 2.79. The average molecular weight is 438 g/mol. The number of furan rings is 1. The lowest BCUT2D eigenvalue weighted by Gasteiger charge is -2.09. The number of carbonyl (C=O) groups excluding carboxylic acids is 2. The second kappa shape index (κ2) is 12.2. The monoisotopic (exact) mass is 438 g/mol. The molecule has 0 fully saturated rings. The van der Waals surface area contributed by atoms with Crippen LogP contribution in [0.2, 0.25) is 0 Å². The minimum Gasteiger partial charge on any atom is -0.497 e. The number of benzene rings is 2. The van der Waals surface area contributed by atoms with Crippen LogP contribution in [0.25, 0.3) is 0 Å². The van der Waals surface area contributed by atoms with Gasteiger partial charge >= 0.3 is 0 Å². The largest absolute Gasteiger partial charge is 0.497 e. The summed E-state index contributed by atoms with van der Waals surface area (Å²) in [7, 11) is 1.56. The van der Waals surface area contributed by atoms with E-state index in [1.54, 1.807) is 61.9 Å². The van der Waals surface area contributed by atoms with Crippen LogP contribution < -0.4 is 20.1 Å². The van der Waals surface area contributed by atoms with Gasteiger partial charge in [0.2, 0.25) is 0 Å². The molecule has 0 unspecified atom stereocenters. The Labute approximate surface area is 186 Å². The summed E-state index contributed by atoms with van der Waals surface area (Å²) in [6.07, 6.45) is 2.29. The number of hydrogen-bond donors (Lipinski definition) is 2. The number of hydrogen-bond acceptors (Lipinski definition) is 6. The molecule has 2 amide bonds. The molecule has 0 saturated carbocycles. The zero-order valence-electron chi connectivity index (χ0n) is 17.8. The number of methoxy groups -OCH3 is 1. The van der Waals surface area contributed by atoms with Gasteiger partial charge in [-0.05, 0) is 55.0 Å². The fourth-order valence-electron chi connectivity index (χ4n) is 2.79. The number of amides is 2. The summed E-state index contributed by atoms with van der Waals surface area (Å²) in [5.41, 5.74) is 1.13. The van der Waals surface area contributed by atoms with E-state index in [4.69, 9.17) is 18.6 Å². The first-order valence-corrected chi connectivity index (χ1v) is 10.2. The van der Waals surface area contributed by atoms with E-state index in [9.17, 15) is 9.59 Å². The zero-order valence-corrected chi connectivity index (χ0v) is 17.8. The minimum atomic E-state index is -0.297. The zero-order chi connectivity index (χ0) is 22.6. The first-order valence-electron chi connectivity index (χ1n) is 10.2. The molecule has 32 heavy (non-hydrogen) atoms. The van der Waals surface area contributed by atoms with Crippen molar-refractivity contribution in [3.8, 4) is 11.5 Å². The molecule has 2 N–H and O–H groups in total. The van der Waals surface area contributed by atoms with Gasteiger partial charge in [0.1, 0.15) is 23.9 Å². The normalized spacial score (nSPS) is 10.4. The number of rotatable bonds is 12. The first-order chi connectivity index (χ1) is 15.6. The van der Waals surface area contributed by atoms with Gasteiger partial charge in [0.05, 0.1) is 13.4 Å². The highest BCUT2D eigenvalue weighted by atomic mass is 16.5. The Hall–Kier alpha value is -3.78. The molecule has 0 aliphatic heterocycles. The maximum absolute atomic E-state index is 12.2. The van der Waals surface area contributed by atoms with E-state index in [-0.39, 0.29) is 18.4 Å². The summed E-state index contributed by atoms with van der Waals surface area (Å²) in [5, 5.41) is 5.58. The lowest BCUT2D eigenvalue weighted by Crippen LogP contribution is -2.25. The van der Waals surface area contributed by atoms with Crippen LogP contribution in [0.3, 0.4) is 0 Å². The Morgan fingerprint density at radius 2 is 1.84 bits per heavy atom. The van der Waals surface area contributed by atoms with E-state index in [0.29, 0.717) is 48.9 Å². The van der Waals surface area contributed by atoms with Crippen molar-refractivity contribution in [3.63, 3.8) is 0 Å². The number of anilines is 1. The topological polar surface area (TPSA) is 99.0 Å². The van der Waals surface area contributed by atoms with Crippen molar-refractivity contribution in [2.75, 3.05) is 32.2 Å². The van der Waals surface area contributed by atoms with E-state index in [1.807, 2.05) is 12.1 Å². The summed E-state index contributed by atoms with van der Waals surface area (Å²) in [4.78, 5) is 24.3. The van der Waals surface area contributed by atoms with Crippen LogP contribution in [0.4, 0.5) is 5.69 Å². The molecule has 0 radical (unpaired) electrons. The van der Waals surface area contributed by atoms with Gasteiger partial charge in [-0.2, -0.15) is 0 Å². The van der Waals surface area contributed by atoms with Gasteiger partial charge in [-0.15, -0.1) is 0 Å². The van der Waals surface area contributed by atoms with Crippen LogP contribution in [0.1, 0.15) is 22.5 Å². The quantitative estimate of drug-likeness (QED) is 0.419. The molecule has 0 spiro atoms. The molecule has 8 heteroatoms. The van der Waals surface area contributed by atoms with Gasteiger partial charge < -0.3 is 29.3 Å². The average Bonchev–Trinajstić information content (AvgIpc) is 3.34. The molecule has 0 atom stereocenters. The van der Waals surface area contributed by atoms with Gasteiger partial charge in [0.15, 0.2) is 6.61 Å². The Balaban J connectivity index is 1.33. The highest BCUT2D eigenvalue weighted by Crippen LogP contribution is 2.17. The third kappa shape index (κ3) is 7.48. The summed E-state index contributed by atoms with van der Waals surface area (Å²) in [6.45, 7) is 1.28. The summed E-state index contributed by atoms with van der Waals surface area (Å²) in [6, 6.07) is 17.3. The fraction of sp³-hybridized carbons (Fsp3) is 0.250. The smallest absolute Gasteiger partial charge is 0.262 e. The van der Waals surface area contributed by atoms with Crippen LogP contribution in [0, 0.1) is 0 Å². The van der Waals surface area contributed by atoms with Crippen LogP contribution in [-0.4, -0.2) is 38.7 Å². The van der Waals surface area contributed by atoms with Crippen molar-refractivity contribution in [3.05, 3.63) is 78.3 Å². The predicted molar refractivity (Wildman–Crippen MR) is 119 cm³/mol. The molecule has 0 bridgehead atoms. The summed E-state index contributed by atoms with van der Waals surface area (Å²) in [5.74, 6) is 1.44. The van der Waals surface area contributed by atoms with Crippen molar-refractivity contribution in [2.45, 2.75) is 13.0 Å². The highest BCUT2D eigenvalue weighted by Gasteiger charge is 2.07. The standard InChI is InChI=1S/C24H26N2O6/c1-29-21-6-2-5-19(15-21)26-23(27)17-32-20-10-8-18(9-11-20)24(28)25-12-4-13-30-16-22-7-3-14-31-22/h2-3,5-11,14-15H,4,12-13,16-17H2,1H3,(H,25,28)(H,26,27). The van der Waals surface area contributed by atoms with E-state index in [2.05, 4.69) is 10.6 Å². The molecule has 0 aliphatic rings. The van der Waals surface area contributed by atoms with Crippen molar-refractivity contribution >= 4 is 17.5 Å². The molecule has 1 heterocycles. The van der Waals surface area contributed by atoms with E-state index >= 15 is 0 Å². The first kappa shape index (κ1) is 22.9. The van der Waals surface area contributed by atoms with Crippen LogP contribution >= 0.6 is 0 Å². The van der Waals surface area contributed by atoms with Gasteiger partial charge in [-0.1, -0.05) is 6.07 Å². The lowest BCUT2D eigenvalue weighted by molar-refractivity contribution is -0.118. The Morgan fingerprint density at radius 3 is 2.59 bits per heavy atom. The highest BCUT2D eigenvalue weighted by molar-refractivity contribution is 5.94. The Bertz CT molecular complexity index is 986. The third-order valence-corrected chi connectivity index (χ3v) is 4.42. The van der Waals surface area contributed by atoms with Crippen molar-refractivity contribution in [1.29, 1.82) is 0 Å². The lowest BCUT2D eigenvalue weighted by atomic mass is 10.2. The van der Waals surface area contributed by atoms with Gasteiger partial charge in [-0.25, -0.2) is 0 Å². The predicted octanol–water partition coefficient (Wildman–Crippen LogP) is 3.64. The molecular formula is C24H26N2O6. The molecule has 3 aromatic rings. The second-order valence-corrected chi connectivity index (χ2v) is 6.83. The minimum absolute atomic E-state index is 0.152. The number of nitrogens with one attached hydrogen (secondary N) is 2. The molecule has 0 saturated heterocycles. The number of carbonyl (C=O) groups is 2. The SMILES string of the molecule is COc1cccc(NC(=O)COc2ccc(C(=O)NCCCOCc3ccco3)cc2)c1. The molecule has 0 aliphatic carbocycles. The molecule has 1 aromatic heterocycles. The third-order valence-electron chi connectivity index (χ3n) is 4.42. The van der Waals surface area contributed by atoms with Gasteiger partial charge in [-0.3, -0.25) is 9.59 Å². The van der Waals surface area contributed by atoms with Crippen molar-refractivity contribution < 1.29 is 28.2 Å². The molecule has 2 aromatic carbocycles. The number of ether oxygens (including phenoxy) is 3. The Morgan fingerprint density at radius 1 is 1.00 bits per heavy atom. The van der Waals surface area contributed by atoms with Gasteiger partial charge in [0.25, 0.3) is 11.8 Å². The maximum Gasteiger partial charge on any atom is 0.262 e. The summed E-state index contributed by atoms with van der Waals surface area (Å²) < 4.78 is 21.3. The molecular weight excluding hydrogens is 412 g/mol. The van der Waals surface area contributed by atoms with E-state index < -0.39 is 0 Å². The van der Waals surface area contributed by atoms with E-state index in [1.165, 1.54) is 0 Å². The molecule has 3 rings (SSSR count). The summed E-state index contributed by atoms with van der Waals surface area (Å²) >= 11 is 0. The van der Waals surface area contributed by atoms with Crippen LogP contribution in [0.5, 0.6) is 11.5 Å². The van der Waals surface area contributed by atoms with Crippen LogP contribution in [0.15, 0.2) is 71.3 Å². The second-order valence-electron chi connectivity index (χ2n) is 6.83. The molecule has 8 nitrogen and oxygen atoms in total. The molecule has 168 valence electrons. The van der Waals surface area contributed by atoms with Crippen LogP contribution in [-0.2, 0) is 16.1 Å².